The number of hydrogen-bond donors (Lipinski definition) is 2. The van der Waals surface area contributed by atoms with E-state index in [2.05, 4.69) is 15.5 Å². The molecule has 0 fully saturated rings. The highest BCUT2D eigenvalue weighted by Crippen LogP contribution is 2.13. The maximum atomic E-state index is 12.1. The number of carboxylic acid groups (broad SMARTS) is 1. The molecule has 0 aliphatic carbocycles. The van der Waals surface area contributed by atoms with Crippen LogP contribution in [0.3, 0.4) is 0 Å². The highest BCUT2D eigenvalue weighted by atomic mass is 16.4. The summed E-state index contributed by atoms with van der Waals surface area (Å²) >= 11 is 0. The van der Waals surface area contributed by atoms with Crippen LogP contribution in [0.5, 0.6) is 0 Å². The SMILES string of the molecule is Cc1cc(C(=O)Nc2ccc(C(=O)O)cc2)c(C)nn1. The van der Waals surface area contributed by atoms with Crippen molar-refractivity contribution in [2.24, 2.45) is 0 Å². The third kappa shape index (κ3) is 2.97. The van der Waals surface area contributed by atoms with Crippen LogP contribution in [0, 0.1) is 13.8 Å². The maximum absolute atomic E-state index is 12.1. The lowest BCUT2D eigenvalue weighted by Crippen LogP contribution is -2.15. The van der Waals surface area contributed by atoms with Crippen LogP contribution in [0.2, 0.25) is 0 Å². The molecule has 6 heteroatoms. The van der Waals surface area contributed by atoms with Gasteiger partial charge in [-0.05, 0) is 44.2 Å². The number of amides is 1. The Morgan fingerprint density at radius 2 is 1.75 bits per heavy atom. The Morgan fingerprint density at radius 1 is 1.10 bits per heavy atom. The van der Waals surface area contributed by atoms with Gasteiger partial charge in [-0.2, -0.15) is 10.2 Å². The summed E-state index contributed by atoms with van der Waals surface area (Å²) in [6.07, 6.45) is 0. The molecule has 102 valence electrons. The molecule has 0 atom stereocenters. The van der Waals surface area contributed by atoms with E-state index in [-0.39, 0.29) is 11.5 Å². The molecule has 6 nitrogen and oxygen atoms in total. The number of carbonyl (C=O) groups excluding carboxylic acids is 1. The van der Waals surface area contributed by atoms with Gasteiger partial charge in [-0.3, -0.25) is 4.79 Å². The fourth-order valence-corrected chi connectivity index (χ4v) is 1.67. The standard InChI is InChI=1S/C14H13N3O3/c1-8-7-12(9(2)17-16-8)13(18)15-11-5-3-10(4-6-11)14(19)20/h3-7H,1-2H3,(H,15,18)(H,19,20). The van der Waals surface area contributed by atoms with E-state index >= 15 is 0 Å². The molecule has 2 N–H and O–H groups in total. The number of aromatic carboxylic acids is 1. The minimum absolute atomic E-state index is 0.167. The summed E-state index contributed by atoms with van der Waals surface area (Å²) in [6.45, 7) is 3.46. The number of aryl methyl sites for hydroxylation is 2. The van der Waals surface area contributed by atoms with Crippen molar-refractivity contribution in [3.05, 3.63) is 52.8 Å². The Morgan fingerprint density at radius 3 is 2.35 bits per heavy atom. The van der Waals surface area contributed by atoms with Crippen LogP contribution in [-0.4, -0.2) is 27.2 Å². The number of aromatic nitrogens is 2. The van der Waals surface area contributed by atoms with Crippen LogP contribution in [0.4, 0.5) is 5.69 Å². The topological polar surface area (TPSA) is 92.2 Å². The van der Waals surface area contributed by atoms with Crippen molar-refractivity contribution in [1.82, 2.24) is 10.2 Å². The van der Waals surface area contributed by atoms with Crippen molar-refractivity contribution in [3.8, 4) is 0 Å². The maximum Gasteiger partial charge on any atom is 0.335 e. The normalized spacial score (nSPS) is 10.1. The summed E-state index contributed by atoms with van der Waals surface area (Å²) in [6, 6.07) is 7.60. The van der Waals surface area contributed by atoms with Gasteiger partial charge in [0.1, 0.15) is 0 Å². The fourth-order valence-electron chi connectivity index (χ4n) is 1.67. The van der Waals surface area contributed by atoms with Crippen molar-refractivity contribution in [3.63, 3.8) is 0 Å². The van der Waals surface area contributed by atoms with Crippen molar-refractivity contribution in [2.75, 3.05) is 5.32 Å². The Labute approximate surface area is 115 Å². The second-order valence-corrected chi connectivity index (χ2v) is 4.32. The van der Waals surface area contributed by atoms with E-state index in [1.807, 2.05) is 0 Å². The summed E-state index contributed by atoms with van der Waals surface area (Å²) in [5.41, 5.74) is 2.33. The predicted octanol–water partition coefficient (Wildman–Crippen LogP) is 2.04. The van der Waals surface area contributed by atoms with Crippen LogP contribution in [0.15, 0.2) is 30.3 Å². The van der Waals surface area contributed by atoms with E-state index in [1.165, 1.54) is 24.3 Å². The first kappa shape index (κ1) is 13.7. The van der Waals surface area contributed by atoms with Gasteiger partial charge in [0.15, 0.2) is 0 Å². The molecule has 0 aliphatic heterocycles. The first-order valence-electron chi connectivity index (χ1n) is 5.93. The van der Waals surface area contributed by atoms with E-state index in [9.17, 15) is 9.59 Å². The number of hydrogen-bond acceptors (Lipinski definition) is 4. The zero-order valence-electron chi connectivity index (χ0n) is 11.0. The number of carboxylic acids is 1. The van der Waals surface area contributed by atoms with E-state index in [0.717, 1.165) is 0 Å². The van der Waals surface area contributed by atoms with Gasteiger partial charge in [-0.1, -0.05) is 0 Å². The second-order valence-electron chi connectivity index (χ2n) is 4.32. The van der Waals surface area contributed by atoms with Crippen molar-refractivity contribution >= 4 is 17.6 Å². The van der Waals surface area contributed by atoms with Gasteiger partial charge in [0, 0.05) is 5.69 Å². The van der Waals surface area contributed by atoms with Crippen LogP contribution in [-0.2, 0) is 0 Å². The highest BCUT2D eigenvalue weighted by molar-refractivity contribution is 6.05. The molecular weight excluding hydrogens is 258 g/mol. The third-order valence-electron chi connectivity index (χ3n) is 2.74. The third-order valence-corrected chi connectivity index (χ3v) is 2.74. The van der Waals surface area contributed by atoms with Gasteiger partial charge in [0.2, 0.25) is 0 Å². The molecule has 2 aromatic rings. The van der Waals surface area contributed by atoms with Gasteiger partial charge >= 0.3 is 5.97 Å². The lowest BCUT2D eigenvalue weighted by molar-refractivity contribution is 0.0696. The number of nitrogens with zero attached hydrogens (tertiary/aromatic N) is 2. The van der Waals surface area contributed by atoms with E-state index in [4.69, 9.17) is 5.11 Å². The molecule has 1 aromatic heterocycles. The fraction of sp³-hybridized carbons (Fsp3) is 0.143. The molecule has 1 heterocycles. The van der Waals surface area contributed by atoms with E-state index in [1.54, 1.807) is 19.9 Å². The molecular formula is C14H13N3O3. The first-order chi connectivity index (χ1) is 9.47. The smallest absolute Gasteiger partial charge is 0.335 e. The van der Waals surface area contributed by atoms with Gasteiger partial charge < -0.3 is 10.4 Å². The largest absolute Gasteiger partial charge is 0.478 e. The quantitative estimate of drug-likeness (QED) is 0.891. The summed E-state index contributed by atoms with van der Waals surface area (Å²) in [5.74, 6) is -1.31. The summed E-state index contributed by atoms with van der Waals surface area (Å²) in [7, 11) is 0. The number of rotatable bonds is 3. The van der Waals surface area contributed by atoms with Gasteiger partial charge in [0.05, 0.1) is 22.5 Å². The minimum atomic E-state index is -1.01. The Bertz CT molecular complexity index is 666. The summed E-state index contributed by atoms with van der Waals surface area (Å²) in [5, 5.41) is 19.2. The highest BCUT2D eigenvalue weighted by Gasteiger charge is 2.11. The van der Waals surface area contributed by atoms with Crippen molar-refractivity contribution < 1.29 is 14.7 Å². The van der Waals surface area contributed by atoms with Crippen LogP contribution >= 0.6 is 0 Å². The number of benzene rings is 1. The Balaban J connectivity index is 2.19. The Hall–Kier alpha value is -2.76. The first-order valence-corrected chi connectivity index (χ1v) is 5.93. The lowest BCUT2D eigenvalue weighted by Gasteiger charge is -2.07. The molecule has 2 rings (SSSR count). The number of anilines is 1. The van der Waals surface area contributed by atoms with Crippen molar-refractivity contribution in [2.45, 2.75) is 13.8 Å². The molecule has 0 saturated carbocycles. The molecule has 1 amide bonds. The average molecular weight is 271 g/mol. The molecule has 0 bridgehead atoms. The van der Waals surface area contributed by atoms with Crippen molar-refractivity contribution in [1.29, 1.82) is 0 Å². The molecule has 0 unspecified atom stereocenters. The molecule has 20 heavy (non-hydrogen) atoms. The molecule has 0 spiro atoms. The Kier molecular flexibility index (Phi) is 3.74. The van der Waals surface area contributed by atoms with Gasteiger partial charge in [-0.25, -0.2) is 4.79 Å². The molecule has 0 aliphatic rings. The zero-order chi connectivity index (χ0) is 14.7. The van der Waals surface area contributed by atoms with E-state index in [0.29, 0.717) is 22.6 Å². The van der Waals surface area contributed by atoms with E-state index < -0.39 is 5.97 Å². The zero-order valence-corrected chi connectivity index (χ0v) is 11.0. The van der Waals surface area contributed by atoms with Crippen LogP contribution in [0.1, 0.15) is 32.1 Å². The number of carbonyl (C=O) groups is 2. The average Bonchev–Trinajstić information content (AvgIpc) is 2.42. The minimum Gasteiger partial charge on any atom is -0.478 e. The molecule has 0 saturated heterocycles. The lowest BCUT2D eigenvalue weighted by atomic mass is 10.1. The summed E-state index contributed by atoms with van der Waals surface area (Å²) in [4.78, 5) is 22.8. The van der Waals surface area contributed by atoms with Crippen LogP contribution in [0.25, 0.3) is 0 Å². The summed E-state index contributed by atoms with van der Waals surface area (Å²) < 4.78 is 0. The monoisotopic (exact) mass is 271 g/mol. The second kappa shape index (κ2) is 5.48. The molecule has 0 radical (unpaired) electrons. The van der Waals surface area contributed by atoms with Crippen LogP contribution < -0.4 is 5.32 Å². The van der Waals surface area contributed by atoms with Gasteiger partial charge in [-0.15, -0.1) is 0 Å². The predicted molar refractivity (Wildman–Crippen MR) is 72.9 cm³/mol. The number of nitrogens with one attached hydrogen (secondary N) is 1. The van der Waals surface area contributed by atoms with Gasteiger partial charge in [0.25, 0.3) is 5.91 Å². The molecule has 1 aromatic carbocycles.